The number of nitriles is 1. The molecule has 0 aliphatic heterocycles. The molecule has 0 atom stereocenters. The average molecular weight is 611 g/mol. The maximum absolute atomic E-state index is 11.9. The van der Waals surface area contributed by atoms with Crippen molar-refractivity contribution < 1.29 is 19.1 Å². The molecule has 218 valence electrons. The fourth-order valence-corrected chi connectivity index (χ4v) is 3.74. The van der Waals surface area contributed by atoms with Crippen LogP contribution in [0.3, 0.4) is 0 Å². The number of hydroxylamine groups is 1. The zero-order valence-corrected chi connectivity index (χ0v) is 25.0. The number of amidine groups is 1. The van der Waals surface area contributed by atoms with Crippen LogP contribution in [-0.2, 0) is 22.7 Å². The van der Waals surface area contributed by atoms with Gasteiger partial charge in [0.1, 0.15) is 17.6 Å². The molecular formula is C29H29Cl2N7O4. The van der Waals surface area contributed by atoms with Crippen molar-refractivity contribution in [3.63, 3.8) is 0 Å². The number of halogens is 2. The van der Waals surface area contributed by atoms with Gasteiger partial charge in [0.2, 0.25) is 12.1 Å². The summed E-state index contributed by atoms with van der Waals surface area (Å²) in [5, 5.41) is 15.0. The van der Waals surface area contributed by atoms with Gasteiger partial charge in [0.15, 0.2) is 0 Å². The van der Waals surface area contributed by atoms with Gasteiger partial charge >= 0.3 is 6.09 Å². The number of carbonyl (C=O) groups excluding carboxylic acids is 1. The number of carbonyl (C=O) groups is 1. The number of benzene rings is 2. The topological polar surface area (TPSA) is 118 Å². The third-order valence-corrected chi connectivity index (χ3v) is 6.21. The van der Waals surface area contributed by atoms with Crippen molar-refractivity contribution in [2.24, 2.45) is 4.99 Å². The number of rotatable bonds is 8. The molecule has 0 aliphatic carbocycles. The summed E-state index contributed by atoms with van der Waals surface area (Å²) in [7, 11) is 4.55. The number of pyridine rings is 1. The smallest absolute Gasteiger partial charge is 0.438 e. The van der Waals surface area contributed by atoms with Crippen LogP contribution in [0.4, 0.5) is 10.5 Å². The summed E-state index contributed by atoms with van der Waals surface area (Å²) in [5.74, 6) is 1.12. The van der Waals surface area contributed by atoms with Gasteiger partial charge in [-0.3, -0.25) is 4.84 Å². The summed E-state index contributed by atoms with van der Waals surface area (Å²) in [6.07, 6.45) is 4.62. The number of aromatic nitrogens is 3. The molecule has 42 heavy (non-hydrogen) atoms. The Morgan fingerprint density at radius 3 is 2.45 bits per heavy atom. The van der Waals surface area contributed by atoms with Crippen LogP contribution in [-0.4, -0.2) is 52.9 Å². The predicted octanol–water partition coefficient (Wildman–Crippen LogP) is 6.31. The second-order valence-corrected chi connectivity index (χ2v) is 9.37. The fraction of sp³-hybridized carbons (Fsp3) is 0.207. The van der Waals surface area contributed by atoms with E-state index in [1.165, 1.54) is 14.2 Å². The first-order valence-electron chi connectivity index (χ1n) is 12.4. The van der Waals surface area contributed by atoms with Gasteiger partial charge in [0.05, 0.1) is 25.6 Å². The van der Waals surface area contributed by atoms with Crippen LogP contribution >= 0.6 is 23.2 Å². The van der Waals surface area contributed by atoms with E-state index in [1.54, 1.807) is 66.6 Å². The lowest BCUT2D eigenvalue weighted by molar-refractivity contribution is 0.115. The lowest BCUT2D eigenvalue weighted by Crippen LogP contribution is -2.30. The van der Waals surface area contributed by atoms with Crippen LogP contribution in [0.5, 0.6) is 5.88 Å². The lowest BCUT2D eigenvalue weighted by Gasteiger charge is -2.20. The van der Waals surface area contributed by atoms with Crippen molar-refractivity contribution >= 4 is 40.8 Å². The fourth-order valence-electron chi connectivity index (χ4n) is 3.50. The van der Waals surface area contributed by atoms with E-state index in [1.807, 2.05) is 42.3 Å². The van der Waals surface area contributed by atoms with Gasteiger partial charge in [-0.1, -0.05) is 47.5 Å². The van der Waals surface area contributed by atoms with Crippen molar-refractivity contribution in [1.82, 2.24) is 19.7 Å². The zero-order chi connectivity index (χ0) is 30.5. The predicted molar refractivity (Wildman–Crippen MR) is 161 cm³/mol. The van der Waals surface area contributed by atoms with E-state index >= 15 is 0 Å². The molecule has 0 aliphatic rings. The zero-order valence-electron chi connectivity index (χ0n) is 23.4. The van der Waals surface area contributed by atoms with E-state index in [4.69, 9.17) is 42.8 Å². The van der Waals surface area contributed by atoms with Crippen molar-refractivity contribution in [2.75, 3.05) is 26.3 Å². The number of anilines is 1. The van der Waals surface area contributed by atoms with Crippen LogP contribution in [0.15, 0.2) is 84.1 Å². The van der Waals surface area contributed by atoms with Crippen LogP contribution in [0, 0.1) is 11.5 Å². The molecule has 0 unspecified atom stereocenters. The quantitative estimate of drug-likeness (QED) is 0.0750. The molecule has 0 saturated carbocycles. The summed E-state index contributed by atoms with van der Waals surface area (Å²) in [6, 6.07) is 19.9. The molecule has 0 fully saturated rings. The minimum Gasteiger partial charge on any atom is -0.472 e. The highest BCUT2D eigenvalue weighted by Gasteiger charge is 2.19. The standard InChI is InChI=1S/C19H18ClN3O4.C10H11ClN4/c1-25-19(24)23(26-2)17-6-4-3-5-14(17)13-27-18-11-12-22(21-18)16-9-7-15(20)8-10-16;1-8(14-7-12)15(2)6-9-3-4-10(11)13-5-9/h3-12H,13H2,1-2H3;3-5H,6H2,1-2H3. The highest BCUT2D eigenvalue weighted by molar-refractivity contribution is 6.30. The maximum Gasteiger partial charge on any atom is 0.438 e. The summed E-state index contributed by atoms with van der Waals surface area (Å²) in [5.41, 5.74) is 3.16. The van der Waals surface area contributed by atoms with Crippen LogP contribution in [0.2, 0.25) is 10.2 Å². The number of amides is 1. The number of aliphatic imine (C=N–C) groups is 1. The van der Waals surface area contributed by atoms with Gasteiger partial charge in [-0.05, 0) is 48.9 Å². The molecule has 0 bridgehead atoms. The van der Waals surface area contributed by atoms with Crippen LogP contribution < -0.4 is 9.80 Å². The Morgan fingerprint density at radius 1 is 1.07 bits per heavy atom. The van der Waals surface area contributed by atoms with E-state index in [9.17, 15) is 4.79 Å². The largest absolute Gasteiger partial charge is 0.472 e. The number of ether oxygens (including phenoxy) is 2. The Bertz CT molecular complexity index is 1520. The Kier molecular flexibility index (Phi) is 12.1. The van der Waals surface area contributed by atoms with Gasteiger partial charge in [0, 0.05) is 42.6 Å². The van der Waals surface area contributed by atoms with Crippen LogP contribution in [0.25, 0.3) is 5.69 Å². The van der Waals surface area contributed by atoms with Crippen molar-refractivity contribution in [1.29, 1.82) is 5.26 Å². The molecular weight excluding hydrogens is 581 g/mol. The molecule has 4 rings (SSSR count). The first kappa shape index (κ1) is 31.9. The van der Waals surface area contributed by atoms with E-state index in [2.05, 4.69) is 15.1 Å². The Hall–Kier alpha value is -4.63. The molecule has 13 heteroatoms. The van der Waals surface area contributed by atoms with Gasteiger partial charge in [-0.25, -0.2) is 14.5 Å². The first-order chi connectivity index (χ1) is 20.2. The highest BCUT2D eigenvalue weighted by atomic mass is 35.5. The number of methoxy groups -OCH3 is 1. The molecule has 0 saturated heterocycles. The Morgan fingerprint density at radius 2 is 1.81 bits per heavy atom. The van der Waals surface area contributed by atoms with Gasteiger partial charge < -0.3 is 14.4 Å². The second kappa shape index (κ2) is 16.0. The highest BCUT2D eigenvalue weighted by Crippen LogP contribution is 2.23. The number of hydrogen-bond donors (Lipinski definition) is 0. The molecule has 2 aromatic carbocycles. The van der Waals surface area contributed by atoms with E-state index in [0.717, 1.165) is 21.9 Å². The normalized spacial score (nSPS) is 10.6. The van der Waals surface area contributed by atoms with Gasteiger partial charge in [-0.15, -0.1) is 5.10 Å². The molecule has 4 aromatic rings. The summed E-state index contributed by atoms with van der Waals surface area (Å²) >= 11 is 11.6. The molecule has 0 N–H and O–H groups in total. The molecule has 0 spiro atoms. The molecule has 2 heterocycles. The number of nitrogens with zero attached hydrogens (tertiary/aromatic N) is 7. The third-order valence-electron chi connectivity index (χ3n) is 5.74. The summed E-state index contributed by atoms with van der Waals surface area (Å²) in [4.78, 5) is 26.5. The van der Waals surface area contributed by atoms with Gasteiger partial charge in [-0.2, -0.15) is 15.3 Å². The number of hydrogen-bond acceptors (Lipinski definition) is 8. The Labute approximate surface area is 254 Å². The molecule has 1 amide bonds. The lowest BCUT2D eigenvalue weighted by atomic mass is 10.2. The monoisotopic (exact) mass is 609 g/mol. The third kappa shape index (κ3) is 9.21. The van der Waals surface area contributed by atoms with E-state index in [-0.39, 0.29) is 6.61 Å². The number of para-hydroxylation sites is 1. The second-order valence-electron chi connectivity index (χ2n) is 8.54. The molecule has 11 nitrogen and oxygen atoms in total. The van der Waals surface area contributed by atoms with Crippen molar-refractivity contribution in [3.8, 4) is 17.8 Å². The molecule has 0 radical (unpaired) electrons. The SMILES string of the molecule is CC(=NC#N)N(C)Cc1ccc(Cl)nc1.COC(=O)N(OC)c1ccccc1COc1ccn(-c2ccc(Cl)cc2)n1. The van der Waals surface area contributed by atoms with Crippen molar-refractivity contribution in [3.05, 3.63) is 100 Å². The molecule has 2 aromatic heterocycles. The first-order valence-corrected chi connectivity index (χ1v) is 13.2. The van der Waals surface area contributed by atoms with E-state index < -0.39 is 6.09 Å². The average Bonchev–Trinajstić information content (AvgIpc) is 3.48. The summed E-state index contributed by atoms with van der Waals surface area (Å²) < 4.78 is 12.2. The maximum atomic E-state index is 11.9. The van der Waals surface area contributed by atoms with Gasteiger partial charge in [0.25, 0.3) is 0 Å². The Balaban J connectivity index is 0.000000274. The van der Waals surface area contributed by atoms with Crippen molar-refractivity contribution in [2.45, 2.75) is 20.1 Å². The van der Waals surface area contributed by atoms with E-state index in [0.29, 0.717) is 34.1 Å². The minimum atomic E-state index is -0.628. The van der Waals surface area contributed by atoms with Crippen LogP contribution in [0.1, 0.15) is 18.1 Å². The minimum absolute atomic E-state index is 0.199. The summed E-state index contributed by atoms with van der Waals surface area (Å²) in [6.45, 7) is 2.64.